The molecule has 2 aromatic rings. The highest BCUT2D eigenvalue weighted by molar-refractivity contribution is 5.96. The molecule has 0 saturated carbocycles. The topological polar surface area (TPSA) is 83.4 Å². The zero-order valence-electron chi connectivity index (χ0n) is 17.0. The molecule has 2 aliphatic heterocycles. The van der Waals surface area contributed by atoms with E-state index in [-0.39, 0.29) is 24.0 Å². The van der Waals surface area contributed by atoms with Gasteiger partial charge in [-0.05, 0) is 63.3 Å². The van der Waals surface area contributed by atoms with Gasteiger partial charge >= 0.3 is 6.03 Å². The van der Waals surface area contributed by atoms with Crippen molar-refractivity contribution in [3.8, 4) is 0 Å². The maximum absolute atomic E-state index is 12.8. The monoisotopic (exact) mass is 396 g/mol. The van der Waals surface area contributed by atoms with Gasteiger partial charge in [0.25, 0.3) is 5.91 Å². The van der Waals surface area contributed by atoms with E-state index in [0.29, 0.717) is 17.8 Å². The number of amides is 3. The van der Waals surface area contributed by atoms with Crippen LogP contribution in [0.15, 0.2) is 30.6 Å². The quantitative estimate of drug-likeness (QED) is 0.864. The van der Waals surface area contributed by atoms with Crippen LogP contribution in [0.4, 0.5) is 10.5 Å². The van der Waals surface area contributed by atoms with E-state index in [9.17, 15) is 9.59 Å². The molecule has 3 heterocycles. The van der Waals surface area contributed by atoms with E-state index in [1.165, 1.54) is 6.42 Å². The molecule has 1 N–H and O–H groups in total. The zero-order valence-corrected chi connectivity index (χ0v) is 17.0. The molecule has 0 radical (unpaired) electrons. The lowest BCUT2D eigenvalue weighted by Gasteiger charge is -2.33. The van der Waals surface area contributed by atoms with Gasteiger partial charge in [0.1, 0.15) is 6.33 Å². The highest BCUT2D eigenvalue weighted by Gasteiger charge is 2.33. The van der Waals surface area contributed by atoms with E-state index in [2.05, 4.69) is 22.4 Å². The van der Waals surface area contributed by atoms with Gasteiger partial charge in [-0.25, -0.2) is 4.79 Å². The van der Waals surface area contributed by atoms with Gasteiger partial charge in [0.05, 0.1) is 6.04 Å². The van der Waals surface area contributed by atoms with E-state index in [1.54, 1.807) is 35.5 Å². The molecular weight excluding hydrogens is 368 g/mol. The summed E-state index contributed by atoms with van der Waals surface area (Å²) in [7, 11) is 1.89. The first-order valence-corrected chi connectivity index (χ1v) is 10.4. The van der Waals surface area contributed by atoms with E-state index in [1.807, 2.05) is 16.5 Å². The van der Waals surface area contributed by atoms with Crippen LogP contribution in [0.1, 0.15) is 61.3 Å². The Morgan fingerprint density at radius 1 is 1.03 bits per heavy atom. The van der Waals surface area contributed by atoms with Crippen molar-refractivity contribution in [2.45, 2.75) is 51.1 Å². The summed E-state index contributed by atoms with van der Waals surface area (Å²) in [6.07, 6.45) is 6.77. The highest BCUT2D eigenvalue weighted by Crippen LogP contribution is 2.31. The van der Waals surface area contributed by atoms with Crippen molar-refractivity contribution >= 4 is 17.6 Å². The summed E-state index contributed by atoms with van der Waals surface area (Å²) in [4.78, 5) is 29.4. The first-order valence-electron chi connectivity index (χ1n) is 10.4. The number of hydrogen-bond acceptors (Lipinski definition) is 4. The van der Waals surface area contributed by atoms with Gasteiger partial charge in [0.15, 0.2) is 5.82 Å². The van der Waals surface area contributed by atoms with Crippen LogP contribution in [0, 0.1) is 0 Å². The van der Waals surface area contributed by atoms with E-state index >= 15 is 0 Å². The van der Waals surface area contributed by atoms with Gasteiger partial charge in [-0.15, -0.1) is 10.2 Å². The highest BCUT2D eigenvalue weighted by atomic mass is 16.2. The van der Waals surface area contributed by atoms with Gasteiger partial charge < -0.3 is 19.7 Å². The van der Waals surface area contributed by atoms with Crippen LogP contribution in [0.2, 0.25) is 0 Å². The molecule has 0 bridgehead atoms. The first-order chi connectivity index (χ1) is 14.0. The number of hydrogen-bond donors (Lipinski definition) is 1. The second-order valence-electron chi connectivity index (χ2n) is 8.00. The molecule has 2 aliphatic rings. The van der Waals surface area contributed by atoms with Gasteiger partial charge in [-0.1, -0.05) is 0 Å². The van der Waals surface area contributed by atoms with Crippen molar-refractivity contribution in [1.82, 2.24) is 24.6 Å². The fraction of sp³-hybridized carbons (Fsp3) is 0.524. The van der Waals surface area contributed by atoms with E-state index < -0.39 is 0 Å². The molecule has 1 aromatic carbocycles. The molecule has 0 unspecified atom stereocenters. The SMILES string of the molecule is C[C@@H]1CCCCN1C(=O)c1ccc(NC(=O)N2CCC[C@H]2c2nncn2C)cc1. The summed E-state index contributed by atoms with van der Waals surface area (Å²) in [5.41, 5.74) is 1.34. The Kier molecular flexibility index (Phi) is 5.51. The lowest BCUT2D eigenvalue weighted by molar-refractivity contribution is 0.0635. The third kappa shape index (κ3) is 3.97. The molecule has 8 heteroatoms. The Morgan fingerprint density at radius 3 is 2.48 bits per heavy atom. The fourth-order valence-electron chi connectivity index (χ4n) is 4.33. The summed E-state index contributed by atoms with van der Waals surface area (Å²) in [6, 6.07) is 7.25. The molecule has 8 nitrogen and oxygen atoms in total. The number of anilines is 1. The standard InChI is InChI=1S/C21H28N6O2/c1-15-6-3-4-12-26(15)20(28)16-8-10-17(11-9-16)23-21(29)27-13-5-7-18(27)19-24-22-14-25(19)2/h8-11,14-15,18H,3-7,12-13H2,1-2H3,(H,23,29)/t15-,18+/m1/s1. The molecule has 0 aliphatic carbocycles. The second-order valence-corrected chi connectivity index (χ2v) is 8.00. The first kappa shape index (κ1) is 19.4. The summed E-state index contributed by atoms with van der Waals surface area (Å²) in [5.74, 6) is 0.867. The van der Waals surface area contributed by atoms with Crippen molar-refractivity contribution in [3.05, 3.63) is 42.0 Å². The number of carbonyl (C=O) groups excluding carboxylic acids is 2. The number of aromatic nitrogens is 3. The van der Waals surface area contributed by atoms with Crippen LogP contribution in [0.25, 0.3) is 0 Å². The minimum atomic E-state index is -0.153. The number of piperidine rings is 1. The average Bonchev–Trinajstić information content (AvgIpc) is 3.37. The summed E-state index contributed by atoms with van der Waals surface area (Å²) < 4.78 is 1.86. The van der Waals surface area contributed by atoms with Crippen molar-refractivity contribution in [2.24, 2.45) is 7.05 Å². The maximum atomic E-state index is 12.8. The predicted octanol–water partition coefficient (Wildman–Crippen LogP) is 3.20. The number of urea groups is 1. The van der Waals surface area contributed by atoms with Crippen LogP contribution < -0.4 is 5.32 Å². The largest absolute Gasteiger partial charge is 0.336 e. The van der Waals surface area contributed by atoms with Crippen LogP contribution in [0.3, 0.4) is 0 Å². The van der Waals surface area contributed by atoms with Gasteiger partial charge in [-0.2, -0.15) is 0 Å². The second kappa shape index (κ2) is 8.23. The van der Waals surface area contributed by atoms with Crippen molar-refractivity contribution in [3.63, 3.8) is 0 Å². The molecule has 4 rings (SSSR count). The minimum absolute atomic E-state index is 0.0658. The average molecular weight is 396 g/mol. The van der Waals surface area contributed by atoms with Crippen molar-refractivity contribution in [1.29, 1.82) is 0 Å². The number of nitrogens with zero attached hydrogens (tertiary/aromatic N) is 5. The molecule has 2 atom stereocenters. The summed E-state index contributed by atoms with van der Waals surface area (Å²) in [6.45, 7) is 3.61. The Bertz CT molecular complexity index is 878. The minimum Gasteiger partial charge on any atom is -0.336 e. The molecule has 2 fully saturated rings. The van der Waals surface area contributed by atoms with Gasteiger partial charge in [-0.3, -0.25) is 4.79 Å². The molecule has 0 spiro atoms. The van der Waals surface area contributed by atoms with Crippen molar-refractivity contribution in [2.75, 3.05) is 18.4 Å². The summed E-state index contributed by atoms with van der Waals surface area (Å²) >= 11 is 0. The lowest BCUT2D eigenvalue weighted by atomic mass is 10.0. The third-order valence-corrected chi connectivity index (χ3v) is 6.01. The smallest absolute Gasteiger partial charge is 0.322 e. The van der Waals surface area contributed by atoms with Crippen LogP contribution in [0.5, 0.6) is 0 Å². The molecule has 154 valence electrons. The van der Waals surface area contributed by atoms with Crippen LogP contribution in [-0.4, -0.2) is 55.6 Å². The predicted molar refractivity (Wildman–Crippen MR) is 109 cm³/mol. The van der Waals surface area contributed by atoms with Crippen LogP contribution >= 0.6 is 0 Å². The Hall–Kier alpha value is -2.90. The Morgan fingerprint density at radius 2 is 1.79 bits per heavy atom. The maximum Gasteiger partial charge on any atom is 0.322 e. The van der Waals surface area contributed by atoms with E-state index in [4.69, 9.17) is 0 Å². The molecule has 2 saturated heterocycles. The molecule has 1 aromatic heterocycles. The van der Waals surface area contributed by atoms with Crippen LogP contribution in [-0.2, 0) is 7.05 Å². The number of benzene rings is 1. The lowest BCUT2D eigenvalue weighted by Crippen LogP contribution is -2.42. The number of rotatable bonds is 3. The Balaban J connectivity index is 1.41. The molecule has 3 amide bonds. The van der Waals surface area contributed by atoms with Gasteiger partial charge in [0, 0.05) is 37.4 Å². The molecule has 29 heavy (non-hydrogen) atoms. The van der Waals surface area contributed by atoms with Gasteiger partial charge in [0.2, 0.25) is 0 Å². The van der Waals surface area contributed by atoms with Crippen molar-refractivity contribution < 1.29 is 9.59 Å². The zero-order chi connectivity index (χ0) is 20.4. The third-order valence-electron chi connectivity index (χ3n) is 6.01. The fourth-order valence-corrected chi connectivity index (χ4v) is 4.33. The number of nitrogens with one attached hydrogen (secondary N) is 1. The van der Waals surface area contributed by atoms with E-state index in [0.717, 1.165) is 38.1 Å². The number of aryl methyl sites for hydroxylation is 1. The normalized spacial score (nSPS) is 22.0. The number of likely N-dealkylation sites (tertiary alicyclic amines) is 2. The Labute approximate surface area is 170 Å². The number of carbonyl (C=O) groups is 2. The summed E-state index contributed by atoms with van der Waals surface area (Å²) in [5, 5.41) is 11.1. The molecular formula is C21H28N6O2.